The van der Waals surface area contributed by atoms with Crippen molar-refractivity contribution in [2.45, 2.75) is 76.5 Å². The summed E-state index contributed by atoms with van der Waals surface area (Å²) >= 11 is 0. The van der Waals surface area contributed by atoms with Crippen molar-refractivity contribution in [1.82, 2.24) is 20.2 Å². The van der Waals surface area contributed by atoms with Crippen LogP contribution in [0.1, 0.15) is 69.3 Å². The third-order valence-electron chi connectivity index (χ3n) is 5.90. The fourth-order valence-electron chi connectivity index (χ4n) is 3.93. The molecular weight excluding hydrogens is 344 g/mol. The number of nitrogens with one attached hydrogen (secondary N) is 1. The van der Waals surface area contributed by atoms with Crippen molar-refractivity contribution in [3.05, 3.63) is 24.3 Å². The molecule has 7 nitrogen and oxygen atoms in total. The van der Waals surface area contributed by atoms with Crippen LogP contribution in [0.5, 0.6) is 0 Å². The maximum absolute atomic E-state index is 13.3. The van der Waals surface area contributed by atoms with Crippen LogP contribution in [0.2, 0.25) is 0 Å². The minimum atomic E-state index is -0.955. The Labute approximate surface area is 160 Å². The van der Waals surface area contributed by atoms with Crippen molar-refractivity contribution in [3.8, 4) is 0 Å². The number of carbonyl (C=O) groups excluding carboxylic acids is 2. The lowest BCUT2D eigenvalue weighted by molar-refractivity contribution is -0.133. The number of nitrogens with zero attached hydrogens (tertiary/aromatic N) is 3. The monoisotopic (exact) mass is 374 g/mol. The molecule has 0 unspecified atom stereocenters. The molecule has 2 amide bonds. The van der Waals surface area contributed by atoms with Crippen LogP contribution >= 0.6 is 0 Å². The molecule has 1 aromatic rings. The molecule has 0 bridgehead atoms. The van der Waals surface area contributed by atoms with Crippen molar-refractivity contribution in [1.29, 1.82) is 0 Å². The maximum Gasteiger partial charge on any atom is 0.275 e. The van der Waals surface area contributed by atoms with E-state index in [0.29, 0.717) is 19.6 Å². The Balaban J connectivity index is 1.85. The van der Waals surface area contributed by atoms with E-state index in [1.165, 1.54) is 18.6 Å². The highest BCUT2D eigenvalue weighted by molar-refractivity contribution is 5.97. The Morgan fingerprint density at radius 2 is 2.04 bits per heavy atom. The third kappa shape index (κ3) is 4.46. The van der Waals surface area contributed by atoms with Crippen LogP contribution in [0.4, 0.5) is 0 Å². The molecular formula is C20H30N4O3. The van der Waals surface area contributed by atoms with Gasteiger partial charge >= 0.3 is 0 Å². The van der Waals surface area contributed by atoms with E-state index in [9.17, 15) is 9.59 Å². The molecule has 0 radical (unpaired) electrons. The van der Waals surface area contributed by atoms with E-state index in [4.69, 9.17) is 4.74 Å². The van der Waals surface area contributed by atoms with Gasteiger partial charge in [-0.25, -0.2) is 4.98 Å². The normalized spacial score (nSPS) is 22.4. The van der Waals surface area contributed by atoms with Gasteiger partial charge in [0, 0.05) is 31.6 Å². The average Bonchev–Trinajstić information content (AvgIpc) is 3.39. The van der Waals surface area contributed by atoms with Gasteiger partial charge in [0.25, 0.3) is 5.91 Å². The number of ether oxygens (including phenoxy) is 1. The van der Waals surface area contributed by atoms with Gasteiger partial charge in [-0.15, -0.1) is 0 Å². The van der Waals surface area contributed by atoms with Crippen molar-refractivity contribution < 1.29 is 14.3 Å². The first-order valence-corrected chi connectivity index (χ1v) is 10.0. The highest BCUT2D eigenvalue weighted by Crippen LogP contribution is 2.27. The molecule has 3 rings (SSSR count). The Bertz CT molecular complexity index is 642. The molecule has 2 fully saturated rings. The molecule has 7 heteroatoms. The number of hydrogen-bond donors (Lipinski definition) is 1. The van der Waals surface area contributed by atoms with Crippen molar-refractivity contribution in [2.24, 2.45) is 0 Å². The van der Waals surface area contributed by atoms with Gasteiger partial charge in [-0.2, -0.15) is 0 Å². The van der Waals surface area contributed by atoms with E-state index in [-0.39, 0.29) is 29.7 Å². The van der Waals surface area contributed by atoms with Crippen LogP contribution in [0.15, 0.2) is 18.6 Å². The quantitative estimate of drug-likeness (QED) is 0.792. The fourth-order valence-corrected chi connectivity index (χ4v) is 3.93. The lowest BCUT2D eigenvalue weighted by atomic mass is 9.93. The molecule has 1 aromatic heterocycles. The average molecular weight is 374 g/mol. The Morgan fingerprint density at radius 1 is 1.26 bits per heavy atom. The van der Waals surface area contributed by atoms with Crippen LogP contribution < -0.4 is 5.32 Å². The lowest BCUT2D eigenvalue weighted by Gasteiger charge is -2.41. The van der Waals surface area contributed by atoms with Gasteiger partial charge in [0.1, 0.15) is 11.2 Å². The molecule has 1 aliphatic heterocycles. The summed E-state index contributed by atoms with van der Waals surface area (Å²) in [5.41, 5.74) is -0.702. The summed E-state index contributed by atoms with van der Waals surface area (Å²) in [5.74, 6) is -0.364. The van der Waals surface area contributed by atoms with Crippen molar-refractivity contribution >= 4 is 11.8 Å². The number of hydrogen-bond acceptors (Lipinski definition) is 5. The Hall–Kier alpha value is -2.02. The van der Waals surface area contributed by atoms with Crippen LogP contribution in [0.25, 0.3) is 0 Å². The molecule has 1 saturated carbocycles. The van der Waals surface area contributed by atoms with Gasteiger partial charge in [0.2, 0.25) is 5.91 Å². The van der Waals surface area contributed by atoms with Crippen molar-refractivity contribution in [3.63, 3.8) is 0 Å². The molecule has 1 N–H and O–H groups in total. The lowest BCUT2D eigenvalue weighted by Crippen LogP contribution is -2.61. The molecule has 27 heavy (non-hydrogen) atoms. The standard InChI is InChI=1S/C20H30N4O3/c1-3-20(2,19(26)23-15-7-4-5-8-15)24(14-16-9-6-12-27-16)18(25)17-13-21-10-11-22-17/h10-11,13,15-16H,3-9,12,14H2,1-2H3,(H,23,26)/t16-,20+/m1/s1. The number of carbonyl (C=O) groups is 2. The van der Waals surface area contributed by atoms with E-state index in [1.54, 1.807) is 4.90 Å². The molecule has 148 valence electrons. The second-order valence-electron chi connectivity index (χ2n) is 7.72. The molecule has 0 spiro atoms. The van der Waals surface area contributed by atoms with Gasteiger partial charge < -0.3 is 15.0 Å². The summed E-state index contributed by atoms with van der Waals surface area (Å²) in [4.78, 5) is 36.3. The zero-order chi connectivity index (χ0) is 19.3. The fraction of sp³-hybridized carbons (Fsp3) is 0.700. The summed E-state index contributed by atoms with van der Waals surface area (Å²) in [6.45, 7) is 4.88. The number of amides is 2. The van der Waals surface area contributed by atoms with Gasteiger partial charge in [0.05, 0.1) is 12.3 Å². The third-order valence-corrected chi connectivity index (χ3v) is 5.90. The Morgan fingerprint density at radius 3 is 2.63 bits per heavy atom. The summed E-state index contributed by atoms with van der Waals surface area (Å²) in [5, 5.41) is 3.17. The zero-order valence-corrected chi connectivity index (χ0v) is 16.3. The van der Waals surface area contributed by atoms with E-state index in [0.717, 1.165) is 38.5 Å². The molecule has 1 aliphatic carbocycles. The largest absolute Gasteiger partial charge is 0.376 e. The molecule has 2 aliphatic rings. The highest BCUT2D eigenvalue weighted by Gasteiger charge is 2.43. The highest BCUT2D eigenvalue weighted by atomic mass is 16.5. The maximum atomic E-state index is 13.3. The molecule has 2 atom stereocenters. The second-order valence-corrected chi connectivity index (χ2v) is 7.72. The SMILES string of the molecule is CC[C@@](C)(C(=O)NC1CCCC1)N(C[C@H]1CCCO1)C(=O)c1cnccn1. The van der Waals surface area contributed by atoms with Crippen LogP contribution in [-0.2, 0) is 9.53 Å². The summed E-state index contributed by atoms with van der Waals surface area (Å²) in [7, 11) is 0. The molecule has 2 heterocycles. The minimum Gasteiger partial charge on any atom is -0.376 e. The predicted molar refractivity (Wildman–Crippen MR) is 101 cm³/mol. The summed E-state index contributed by atoms with van der Waals surface area (Å²) in [6, 6.07) is 0.208. The van der Waals surface area contributed by atoms with Crippen molar-refractivity contribution in [2.75, 3.05) is 13.2 Å². The van der Waals surface area contributed by atoms with Crippen LogP contribution in [-0.4, -0.2) is 57.5 Å². The topological polar surface area (TPSA) is 84.4 Å². The Kier molecular flexibility index (Phi) is 6.42. The van der Waals surface area contributed by atoms with E-state index < -0.39 is 5.54 Å². The predicted octanol–water partition coefficient (Wildman–Crippen LogP) is 2.33. The van der Waals surface area contributed by atoms with Gasteiger partial charge in [-0.1, -0.05) is 19.8 Å². The van der Waals surface area contributed by atoms with Gasteiger partial charge in [0.15, 0.2) is 0 Å². The van der Waals surface area contributed by atoms with Gasteiger partial charge in [-0.05, 0) is 39.0 Å². The van der Waals surface area contributed by atoms with E-state index >= 15 is 0 Å². The first-order chi connectivity index (χ1) is 13.0. The van der Waals surface area contributed by atoms with E-state index in [2.05, 4.69) is 15.3 Å². The summed E-state index contributed by atoms with van der Waals surface area (Å²) in [6.07, 6.45) is 11.1. The summed E-state index contributed by atoms with van der Waals surface area (Å²) < 4.78 is 5.76. The molecule has 0 aromatic carbocycles. The molecule has 1 saturated heterocycles. The van der Waals surface area contributed by atoms with E-state index in [1.807, 2.05) is 13.8 Å². The first kappa shape index (κ1) is 19.7. The first-order valence-electron chi connectivity index (χ1n) is 10.0. The van der Waals surface area contributed by atoms with Gasteiger partial charge in [-0.3, -0.25) is 14.6 Å². The number of rotatable bonds is 7. The zero-order valence-electron chi connectivity index (χ0n) is 16.3. The second kappa shape index (κ2) is 8.78. The minimum absolute atomic E-state index is 0.0456. The van der Waals surface area contributed by atoms with Crippen LogP contribution in [0, 0.1) is 0 Å². The van der Waals surface area contributed by atoms with Crippen LogP contribution in [0.3, 0.4) is 0 Å². The number of aromatic nitrogens is 2. The smallest absolute Gasteiger partial charge is 0.275 e.